The van der Waals surface area contributed by atoms with Gasteiger partial charge in [0.25, 0.3) is 0 Å². The second kappa shape index (κ2) is 4.26. The van der Waals surface area contributed by atoms with Crippen LogP contribution in [-0.4, -0.2) is 38.5 Å². The summed E-state index contributed by atoms with van der Waals surface area (Å²) in [5.74, 6) is 0. The third-order valence-electron chi connectivity index (χ3n) is 2.11. The van der Waals surface area contributed by atoms with Crippen molar-refractivity contribution in [3.8, 4) is 0 Å². The van der Waals surface area contributed by atoms with Crippen LogP contribution >= 0.6 is 12.4 Å². The number of fused-ring (bicyclic) bond motifs is 1. The van der Waals surface area contributed by atoms with E-state index in [1.165, 1.54) is 0 Å². The van der Waals surface area contributed by atoms with Gasteiger partial charge < -0.3 is 14.8 Å². The third-order valence-corrected chi connectivity index (χ3v) is 2.11. The van der Waals surface area contributed by atoms with Gasteiger partial charge in [-0.05, 0) is 13.0 Å². The van der Waals surface area contributed by atoms with Crippen LogP contribution in [0.4, 0.5) is 0 Å². The van der Waals surface area contributed by atoms with Crippen molar-refractivity contribution in [1.82, 2.24) is 5.32 Å². The molecule has 1 N–H and O–H groups in total. The molecule has 2 aliphatic rings. The molecule has 0 spiro atoms. The minimum absolute atomic E-state index is 0. The first-order chi connectivity index (χ1) is 4.97. The van der Waals surface area contributed by atoms with Crippen molar-refractivity contribution in [3.05, 3.63) is 0 Å². The van der Waals surface area contributed by atoms with Crippen molar-refractivity contribution >= 4 is 12.4 Å². The molecular formula is C7H14ClNO2. The lowest BCUT2D eigenvalue weighted by Crippen LogP contribution is -2.50. The van der Waals surface area contributed by atoms with Crippen molar-refractivity contribution in [2.24, 2.45) is 0 Å². The van der Waals surface area contributed by atoms with Gasteiger partial charge in [-0.1, -0.05) is 0 Å². The fraction of sp³-hybridized carbons (Fsp3) is 1.00. The highest BCUT2D eigenvalue weighted by atomic mass is 35.5. The van der Waals surface area contributed by atoms with Gasteiger partial charge in [0.15, 0.2) is 0 Å². The quantitative estimate of drug-likeness (QED) is 0.576. The lowest BCUT2D eigenvalue weighted by atomic mass is 10.1. The Morgan fingerprint density at radius 3 is 2.55 bits per heavy atom. The van der Waals surface area contributed by atoms with Gasteiger partial charge in [-0.25, -0.2) is 0 Å². The first-order valence-electron chi connectivity index (χ1n) is 3.91. The van der Waals surface area contributed by atoms with E-state index in [0.29, 0.717) is 12.2 Å². The second-order valence-corrected chi connectivity index (χ2v) is 2.81. The molecule has 0 unspecified atom stereocenters. The van der Waals surface area contributed by atoms with Crippen molar-refractivity contribution in [2.45, 2.75) is 18.6 Å². The minimum Gasteiger partial charge on any atom is -0.373 e. The largest absolute Gasteiger partial charge is 0.373 e. The van der Waals surface area contributed by atoms with Crippen LogP contribution in [0.15, 0.2) is 0 Å². The molecule has 2 saturated heterocycles. The molecular weight excluding hydrogens is 166 g/mol. The molecule has 2 heterocycles. The molecule has 2 rings (SSSR count). The molecule has 2 atom stereocenters. The summed E-state index contributed by atoms with van der Waals surface area (Å²) in [6, 6.07) is 0. The molecule has 0 amide bonds. The summed E-state index contributed by atoms with van der Waals surface area (Å²) in [4.78, 5) is 0. The van der Waals surface area contributed by atoms with E-state index in [-0.39, 0.29) is 12.4 Å². The van der Waals surface area contributed by atoms with E-state index in [4.69, 9.17) is 9.47 Å². The van der Waals surface area contributed by atoms with Gasteiger partial charge in [0.1, 0.15) is 0 Å². The molecule has 0 saturated carbocycles. The molecule has 0 aliphatic carbocycles. The van der Waals surface area contributed by atoms with E-state index in [1.54, 1.807) is 0 Å². The Balaban J connectivity index is 0.000000605. The molecule has 0 aromatic rings. The summed E-state index contributed by atoms with van der Waals surface area (Å²) >= 11 is 0. The van der Waals surface area contributed by atoms with Gasteiger partial charge in [0.2, 0.25) is 0 Å². The topological polar surface area (TPSA) is 30.5 Å². The Kier molecular flexibility index (Phi) is 3.59. The van der Waals surface area contributed by atoms with E-state index in [1.807, 2.05) is 0 Å². The molecule has 0 aromatic heterocycles. The van der Waals surface area contributed by atoms with Gasteiger partial charge in [-0.2, -0.15) is 0 Å². The van der Waals surface area contributed by atoms with Crippen molar-refractivity contribution in [3.63, 3.8) is 0 Å². The van der Waals surface area contributed by atoms with E-state index < -0.39 is 0 Å². The number of ether oxygens (including phenoxy) is 2. The number of nitrogens with one attached hydrogen (secondary N) is 1. The van der Waals surface area contributed by atoms with E-state index in [9.17, 15) is 0 Å². The highest BCUT2D eigenvalue weighted by molar-refractivity contribution is 5.85. The molecule has 11 heavy (non-hydrogen) atoms. The molecule has 3 nitrogen and oxygen atoms in total. The Morgan fingerprint density at radius 2 is 1.82 bits per heavy atom. The minimum atomic E-state index is 0. The highest BCUT2D eigenvalue weighted by Crippen LogP contribution is 2.15. The average molecular weight is 180 g/mol. The molecule has 0 aromatic carbocycles. The summed E-state index contributed by atoms with van der Waals surface area (Å²) in [5, 5.41) is 3.28. The van der Waals surface area contributed by atoms with Crippen LogP contribution in [0.5, 0.6) is 0 Å². The van der Waals surface area contributed by atoms with Crippen LogP contribution in [0, 0.1) is 0 Å². The monoisotopic (exact) mass is 179 g/mol. The number of rotatable bonds is 0. The van der Waals surface area contributed by atoms with E-state index >= 15 is 0 Å². The van der Waals surface area contributed by atoms with Crippen LogP contribution in [0.25, 0.3) is 0 Å². The fourth-order valence-corrected chi connectivity index (χ4v) is 1.56. The predicted molar refractivity (Wildman–Crippen MR) is 44.2 cm³/mol. The Hall–Kier alpha value is 0.170. The van der Waals surface area contributed by atoms with E-state index in [0.717, 1.165) is 32.7 Å². The predicted octanol–water partition coefficient (Wildman–Crippen LogP) is 0.185. The molecule has 2 fully saturated rings. The first-order valence-corrected chi connectivity index (χ1v) is 3.91. The summed E-state index contributed by atoms with van der Waals surface area (Å²) < 4.78 is 11.0. The summed E-state index contributed by atoms with van der Waals surface area (Å²) in [7, 11) is 0. The lowest BCUT2D eigenvalue weighted by molar-refractivity contribution is -0.148. The van der Waals surface area contributed by atoms with Gasteiger partial charge >= 0.3 is 0 Å². The maximum Gasteiger partial charge on any atom is 0.0962 e. The zero-order valence-corrected chi connectivity index (χ0v) is 7.23. The first kappa shape index (κ1) is 9.26. The van der Waals surface area contributed by atoms with Crippen molar-refractivity contribution < 1.29 is 9.47 Å². The van der Waals surface area contributed by atoms with Crippen LogP contribution in [0.1, 0.15) is 6.42 Å². The standard InChI is InChI=1S/C7H13NO2.ClH/c1-2-8-5-7-6(1)9-3-4-10-7;/h6-8H,1-5H2;1H/t6-,7+;/m1./s1. The SMILES string of the molecule is C1C[C@H]2OCCO[C@H]2CN1.Cl. The van der Waals surface area contributed by atoms with Gasteiger partial charge in [0.05, 0.1) is 25.4 Å². The normalized spacial score (nSPS) is 37.1. The summed E-state index contributed by atoms with van der Waals surface area (Å²) in [6.07, 6.45) is 1.79. The Morgan fingerprint density at radius 1 is 1.09 bits per heavy atom. The Bertz CT molecular complexity index is 97.0. The third kappa shape index (κ3) is 2.06. The number of hydrogen-bond acceptors (Lipinski definition) is 3. The summed E-state index contributed by atoms with van der Waals surface area (Å²) in [6.45, 7) is 3.58. The highest BCUT2D eigenvalue weighted by Gasteiger charge is 2.28. The maximum atomic E-state index is 5.52. The van der Waals surface area contributed by atoms with Crippen molar-refractivity contribution in [2.75, 3.05) is 26.3 Å². The lowest BCUT2D eigenvalue weighted by Gasteiger charge is -2.35. The number of piperidine rings is 1. The number of hydrogen-bond donors (Lipinski definition) is 1. The van der Waals surface area contributed by atoms with E-state index in [2.05, 4.69) is 5.32 Å². The Labute approximate surface area is 72.8 Å². The van der Waals surface area contributed by atoms with Gasteiger partial charge in [-0.3, -0.25) is 0 Å². The fourth-order valence-electron chi connectivity index (χ4n) is 1.56. The van der Waals surface area contributed by atoms with Crippen LogP contribution < -0.4 is 5.32 Å². The molecule has 66 valence electrons. The average Bonchev–Trinajstić information content (AvgIpc) is 2.05. The van der Waals surface area contributed by atoms with Gasteiger partial charge in [0, 0.05) is 6.54 Å². The summed E-state index contributed by atoms with van der Waals surface area (Å²) in [5.41, 5.74) is 0. The molecule has 0 bridgehead atoms. The molecule has 4 heteroatoms. The maximum absolute atomic E-state index is 5.52. The van der Waals surface area contributed by atoms with Crippen LogP contribution in [-0.2, 0) is 9.47 Å². The zero-order chi connectivity index (χ0) is 6.81. The van der Waals surface area contributed by atoms with Crippen LogP contribution in [0.2, 0.25) is 0 Å². The van der Waals surface area contributed by atoms with Crippen molar-refractivity contribution in [1.29, 1.82) is 0 Å². The smallest absolute Gasteiger partial charge is 0.0962 e. The molecule has 2 aliphatic heterocycles. The second-order valence-electron chi connectivity index (χ2n) is 2.81. The molecule has 0 radical (unpaired) electrons. The van der Waals surface area contributed by atoms with Crippen LogP contribution in [0.3, 0.4) is 0 Å². The number of halogens is 1. The van der Waals surface area contributed by atoms with Gasteiger partial charge in [-0.15, -0.1) is 12.4 Å². The zero-order valence-electron chi connectivity index (χ0n) is 6.41.